The Hall–Kier alpha value is -1.82. The molecule has 0 aliphatic rings. The van der Waals surface area contributed by atoms with Crippen LogP contribution in [-0.2, 0) is 6.54 Å². The molecule has 5 nitrogen and oxygen atoms in total. The maximum Gasteiger partial charge on any atom is 0.205 e. The molecule has 0 fully saturated rings. The summed E-state index contributed by atoms with van der Waals surface area (Å²) in [7, 11) is 5.54. The number of nitrogens with one attached hydrogen (secondary N) is 1. The molecule has 0 radical (unpaired) electrons. The van der Waals surface area contributed by atoms with Crippen molar-refractivity contribution >= 4 is 22.2 Å². The zero-order valence-electron chi connectivity index (χ0n) is 10.7. The van der Waals surface area contributed by atoms with E-state index >= 15 is 0 Å². The summed E-state index contributed by atoms with van der Waals surface area (Å²) in [6.45, 7) is 0.729. The number of methoxy groups -OCH3 is 1. The van der Waals surface area contributed by atoms with E-state index < -0.39 is 0 Å². The maximum absolute atomic E-state index is 5.21. The zero-order valence-corrected chi connectivity index (χ0v) is 11.5. The van der Waals surface area contributed by atoms with Gasteiger partial charge in [-0.25, -0.2) is 0 Å². The Morgan fingerprint density at radius 2 is 2.22 bits per heavy atom. The Morgan fingerprint density at radius 1 is 1.39 bits per heavy atom. The molecular weight excluding hydrogens is 248 g/mol. The number of anilines is 2. The molecule has 0 unspecified atom stereocenters. The van der Waals surface area contributed by atoms with Gasteiger partial charge in [-0.2, -0.15) is 0 Å². The van der Waals surface area contributed by atoms with E-state index in [0.29, 0.717) is 0 Å². The quantitative estimate of drug-likeness (QED) is 0.897. The lowest BCUT2D eigenvalue weighted by Crippen LogP contribution is -2.16. The number of hydrogen-bond acceptors (Lipinski definition) is 6. The van der Waals surface area contributed by atoms with Crippen molar-refractivity contribution < 1.29 is 4.74 Å². The van der Waals surface area contributed by atoms with Crippen molar-refractivity contribution in [2.45, 2.75) is 6.54 Å². The van der Waals surface area contributed by atoms with Gasteiger partial charge in [-0.1, -0.05) is 17.4 Å². The van der Waals surface area contributed by atoms with E-state index in [1.54, 1.807) is 18.4 Å². The molecule has 1 N–H and O–H groups in total. The molecule has 0 saturated carbocycles. The normalized spacial score (nSPS) is 10.2. The van der Waals surface area contributed by atoms with Crippen LogP contribution in [0.25, 0.3) is 0 Å². The van der Waals surface area contributed by atoms with Crippen LogP contribution in [-0.4, -0.2) is 31.4 Å². The average Bonchev–Trinajstić information content (AvgIpc) is 2.86. The summed E-state index contributed by atoms with van der Waals surface area (Å²) in [4.78, 5) is 2.11. The number of rotatable bonds is 5. The molecule has 1 aromatic heterocycles. The molecule has 0 atom stereocenters. The minimum Gasteiger partial charge on any atom is -0.497 e. The van der Waals surface area contributed by atoms with Gasteiger partial charge < -0.3 is 15.0 Å². The van der Waals surface area contributed by atoms with Crippen molar-refractivity contribution in [2.24, 2.45) is 0 Å². The molecule has 0 aliphatic heterocycles. The second kappa shape index (κ2) is 5.68. The van der Waals surface area contributed by atoms with Crippen LogP contribution in [0.15, 0.2) is 24.3 Å². The Kier molecular flexibility index (Phi) is 3.99. The summed E-state index contributed by atoms with van der Waals surface area (Å²) in [6, 6.07) is 7.95. The first-order valence-corrected chi connectivity index (χ1v) is 6.40. The molecule has 96 valence electrons. The molecule has 2 aromatic rings. The fourth-order valence-electron chi connectivity index (χ4n) is 1.56. The van der Waals surface area contributed by atoms with E-state index in [2.05, 4.69) is 20.4 Å². The molecule has 1 heterocycles. The third-order valence-corrected chi connectivity index (χ3v) is 3.47. The van der Waals surface area contributed by atoms with Crippen LogP contribution in [0.2, 0.25) is 0 Å². The van der Waals surface area contributed by atoms with Gasteiger partial charge in [0.05, 0.1) is 13.7 Å². The highest BCUT2D eigenvalue weighted by Gasteiger charge is 2.07. The highest BCUT2D eigenvalue weighted by atomic mass is 32.1. The lowest BCUT2D eigenvalue weighted by atomic mass is 10.3. The molecule has 0 bridgehead atoms. The molecule has 6 heteroatoms. The van der Waals surface area contributed by atoms with Gasteiger partial charge in [0.25, 0.3) is 0 Å². The van der Waals surface area contributed by atoms with Gasteiger partial charge in [-0.15, -0.1) is 10.2 Å². The van der Waals surface area contributed by atoms with Gasteiger partial charge in [-0.3, -0.25) is 0 Å². The van der Waals surface area contributed by atoms with E-state index in [0.717, 1.165) is 28.1 Å². The maximum atomic E-state index is 5.21. The Labute approximate surface area is 110 Å². The van der Waals surface area contributed by atoms with Crippen molar-refractivity contribution in [2.75, 3.05) is 31.4 Å². The molecule has 18 heavy (non-hydrogen) atoms. The third-order valence-electron chi connectivity index (χ3n) is 2.55. The van der Waals surface area contributed by atoms with Crippen molar-refractivity contribution in [1.82, 2.24) is 10.2 Å². The highest BCUT2D eigenvalue weighted by Crippen LogP contribution is 2.23. The monoisotopic (exact) mass is 264 g/mol. The lowest BCUT2D eigenvalue weighted by Gasteiger charge is -2.18. The van der Waals surface area contributed by atoms with Crippen molar-refractivity contribution in [1.29, 1.82) is 0 Å². The van der Waals surface area contributed by atoms with Crippen molar-refractivity contribution in [3.63, 3.8) is 0 Å². The highest BCUT2D eigenvalue weighted by molar-refractivity contribution is 7.15. The van der Waals surface area contributed by atoms with Crippen molar-refractivity contribution in [3.8, 4) is 5.75 Å². The number of aromatic nitrogens is 2. The number of hydrogen-bond donors (Lipinski definition) is 1. The lowest BCUT2D eigenvalue weighted by molar-refractivity contribution is 0.415. The number of ether oxygens (including phenoxy) is 1. The molecular formula is C12H16N4OS. The SMILES string of the molecule is CNc1nnc(CN(C)c2cccc(OC)c2)s1. The summed E-state index contributed by atoms with van der Waals surface area (Å²) < 4.78 is 5.21. The predicted octanol–water partition coefficient (Wildman–Crippen LogP) is 2.22. The van der Waals surface area contributed by atoms with Gasteiger partial charge in [0.2, 0.25) is 5.13 Å². The van der Waals surface area contributed by atoms with E-state index in [4.69, 9.17) is 4.74 Å². The van der Waals surface area contributed by atoms with Crippen LogP contribution in [0.5, 0.6) is 5.75 Å². The number of benzene rings is 1. The van der Waals surface area contributed by atoms with Crippen molar-refractivity contribution in [3.05, 3.63) is 29.3 Å². The van der Waals surface area contributed by atoms with Crippen LogP contribution in [0.4, 0.5) is 10.8 Å². The summed E-state index contributed by atoms with van der Waals surface area (Å²) in [5.74, 6) is 0.854. The first-order chi connectivity index (χ1) is 8.72. The van der Waals surface area contributed by atoms with E-state index in [-0.39, 0.29) is 0 Å². The standard InChI is InChI=1S/C12H16N4OS/c1-13-12-15-14-11(18-12)8-16(2)9-5-4-6-10(7-9)17-3/h4-7H,8H2,1-3H3,(H,13,15). The van der Waals surface area contributed by atoms with E-state index in [1.165, 1.54) is 0 Å². The van der Waals surface area contributed by atoms with Gasteiger partial charge >= 0.3 is 0 Å². The summed E-state index contributed by atoms with van der Waals surface area (Å²) in [6.07, 6.45) is 0. The molecule has 0 aliphatic carbocycles. The smallest absolute Gasteiger partial charge is 0.205 e. The van der Waals surface area contributed by atoms with Gasteiger partial charge in [0.1, 0.15) is 10.8 Å². The predicted molar refractivity (Wildman–Crippen MR) is 74.6 cm³/mol. The van der Waals surface area contributed by atoms with E-state index in [1.807, 2.05) is 38.4 Å². The largest absolute Gasteiger partial charge is 0.497 e. The van der Waals surface area contributed by atoms with Crippen LogP contribution in [0.1, 0.15) is 5.01 Å². The third kappa shape index (κ3) is 2.89. The molecule has 1 aromatic carbocycles. The summed E-state index contributed by atoms with van der Waals surface area (Å²) >= 11 is 1.56. The minimum atomic E-state index is 0.729. The Bertz CT molecular complexity index is 514. The van der Waals surface area contributed by atoms with E-state index in [9.17, 15) is 0 Å². The zero-order chi connectivity index (χ0) is 13.0. The van der Waals surface area contributed by atoms with Crippen LogP contribution in [0.3, 0.4) is 0 Å². The summed E-state index contributed by atoms with van der Waals surface area (Å²) in [5.41, 5.74) is 1.09. The van der Waals surface area contributed by atoms with Gasteiger partial charge in [0.15, 0.2) is 0 Å². The minimum absolute atomic E-state index is 0.729. The molecule has 0 amide bonds. The first-order valence-electron chi connectivity index (χ1n) is 5.58. The summed E-state index contributed by atoms with van der Waals surface area (Å²) in [5, 5.41) is 12.9. The first kappa shape index (κ1) is 12.6. The van der Waals surface area contributed by atoms with Gasteiger partial charge in [0, 0.05) is 25.8 Å². The molecule has 2 rings (SSSR count). The second-order valence-corrected chi connectivity index (χ2v) is 4.87. The number of nitrogens with zero attached hydrogens (tertiary/aromatic N) is 3. The average molecular weight is 264 g/mol. The Balaban J connectivity index is 2.08. The fraction of sp³-hybridized carbons (Fsp3) is 0.333. The molecule has 0 saturated heterocycles. The second-order valence-electron chi connectivity index (χ2n) is 3.81. The van der Waals surface area contributed by atoms with Crippen LogP contribution < -0.4 is 15.0 Å². The van der Waals surface area contributed by atoms with Crippen LogP contribution in [0, 0.1) is 0 Å². The molecule has 0 spiro atoms. The topological polar surface area (TPSA) is 50.3 Å². The fourth-order valence-corrected chi connectivity index (χ4v) is 2.31. The van der Waals surface area contributed by atoms with Gasteiger partial charge in [-0.05, 0) is 12.1 Å². The van der Waals surface area contributed by atoms with Crippen LogP contribution >= 0.6 is 11.3 Å². The Morgan fingerprint density at radius 3 is 2.89 bits per heavy atom.